The van der Waals surface area contributed by atoms with Crippen LogP contribution in [0.25, 0.3) is 11.6 Å². The zero-order valence-corrected chi connectivity index (χ0v) is 20.6. The molecule has 0 spiro atoms. The van der Waals surface area contributed by atoms with Crippen LogP contribution < -0.4 is 14.0 Å². The van der Waals surface area contributed by atoms with Crippen LogP contribution in [0.4, 0.5) is 28.4 Å². The second kappa shape index (κ2) is 10.4. The molecule has 0 aliphatic heterocycles. The zero-order chi connectivity index (χ0) is 28.5. The first kappa shape index (κ1) is 27.3. The maximum absolute atomic E-state index is 11.9. The van der Waals surface area contributed by atoms with Crippen LogP contribution in [0.5, 0.6) is 0 Å². The van der Waals surface area contributed by atoms with Crippen molar-refractivity contribution in [3.8, 4) is 6.07 Å². The van der Waals surface area contributed by atoms with Crippen LogP contribution in [0, 0.1) is 60.9 Å². The fourth-order valence-electron chi connectivity index (χ4n) is 3.32. The summed E-state index contributed by atoms with van der Waals surface area (Å²) < 4.78 is -2.66. The Kier molecular flexibility index (Phi) is 7.45. The molecule has 2 aromatic heterocycles. The fraction of sp³-hybridized carbons (Fsp3) is 0.100. The number of hydrogen-bond donors (Lipinski definition) is 1. The molecule has 0 bridgehead atoms. The smallest absolute Gasteiger partial charge is 0.366 e. The van der Waals surface area contributed by atoms with Gasteiger partial charge in [0.15, 0.2) is 5.57 Å². The molecule has 38 heavy (non-hydrogen) atoms. The number of nitriles is 1. The van der Waals surface area contributed by atoms with Crippen LogP contribution in [-0.4, -0.2) is 44.9 Å². The summed E-state index contributed by atoms with van der Waals surface area (Å²) in [5.41, 5.74) is -4.92. The van der Waals surface area contributed by atoms with E-state index in [0.717, 1.165) is 5.69 Å². The largest absolute Gasteiger partial charge is 0.477 e. The molecule has 0 amide bonds. The van der Waals surface area contributed by atoms with Gasteiger partial charge in [0.25, 0.3) is 0 Å². The molecule has 0 unspecified atom stereocenters. The first-order valence-corrected chi connectivity index (χ1v) is 11.5. The summed E-state index contributed by atoms with van der Waals surface area (Å²) in [6, 6.07) is 7.70. The third-order valence-corrected chi connectivity index (χ3v) is 7.40. The van der Waals surface area contributed by atoms with Crippen LogP contribution in [0.15, 0.2) is 24.3 Å². The predicted octanol–water partition coefficient (Wildman–Crippen LogP) is 2.38. The summed E-state index contributed by atoms with van der Waals surface area (Å²) in [4.78, 5) is 55.9. The number of carboxylic acids is 1. The van der Waals surface area contributed by atoms with E-state index in [-0.39, 0.29) is 15.9 Å². The average molecular weight is 560 g/mol. The van der Waals surface area contributed by atoms with E-state index in [4.69, 9.17) is 0 Å². The molecule has 16 nitrogen and oxygen atoms in total. The summed E-state index contributed by atoms with van der Waals surface area (Å²) in [6.45, 7) is 0. The fourth-order valence-corrected chi connectivity index (χ4v) is 5.87. The molecule has 2 heterocycles. The lowest BCUT2D eigenvalue weighted by Crippen LogP contribution is -2.12. The van der Waals surface area contributed by atoms with E-state index in [1.807, 2.05) is 0 Å². The lowest BCUT2D eigenvalue weighted by atomic mass is 10.2. The molecule has 0 aliphatic rings. The predicted molar refractivity (Wildman–Crippen MR) is 133 cm³/mol. The third kappa shape index (κ3) is 4.86. The molecule has 3 rings (SSSR count). The number of aliphatic carboxylic acids is 1. The topological polar surface area (TPSA) is 237 Å². The number of carboxylic acid groups (broad SMARTS) is 1. The minimum atomic E-state index is -1.93. The second-order valence-corrected chi connectivity index (χ2v) is 9.47. The van der Waals surface area contributed by atoms with E-state index in [1.165, 1.54) is 12.1 Å². The highest BCUT2D eigenvalue weighted by atomic mass is 32.1. The van der Waals surface area contributed by atoms with Crippen LogP contribution in [0.1, 0.15) is 5.56 Å². The number of carbonyl (C=O) groups is 1. The van der Waals surface area contributed by atoms with E-state index < -0.39 is 67.6 Å². The lowest BCUT2D eigenvalue weighted by Gasteiger charge is -2.11. The monoisotopic (exact) mass is 560 g/mol. The Hall–Kier alpha value is -5.28. The van der Waals surface area contributed by atoms with Crippen LogP contribution >= 0.6 is 22.7 Å². The highest BCUT2D eigenvalue weighted by molar-refractivity contribution is 7.12. The van der Waals surface area contributed by atoms with Gasteiger partial charge in [-0.05, 0) is 23.8 Å². The Morgan fingerprint density at radius 2 is 1.34 bits per heavy atom. The third-order valence-electron chi connectivity index (χ3n) is 4.94. The number of hydrogen-bond acceptors (Lipinski definition) is 13. The quantitative estimate of drug-likeness (QED) is 0.324. The van der Waals surface area contributed by atoms with Crippen molar-refractivity contribution in [3.05, 3.63) is 88.4 Å². The van der Waals surface area contributed by atoms with Crippen molar-refractivity contribution in [2.45, 2.75) is 0 Å². The highest BCUT2D eigenvalue weighted by Gasteiger charge is 2.38. The van der Waals surface area contributed by atoms with Crippen molar-refractivity contribution >= 4 is 68.7 Å². The van der Waals surface area contributed by atoms with E-state index in [0.29, 0.717) is 16.9 Å². The standard InChI is InChI=1S/C20H12N6O10S2/c1-22(2)10-5-3-9(4-6-10)7-12-13(23(29)30)14(24(31)32)18(37-12)19-16(26(35)36)15(25(33)34)17(38-19)11(8-21)20(27)28/h3-7H,1-2H3,(H,27,28)/b12-7-,17-11-,19-18+. The molecule has 194 valence electrons. The van der Waals surface area contributed by atoms with Crippen molar-refractivity contribution in [1.82, 2.24) is 0 Å². The molecule has 0 atom stereocenters. The van der Waals surface area contributed by atoms with Gasteiger partial charge >= 0.3 is 28.7 Å². The Bertz CT molecular complexity index is 1800. The number of benzene rings is 1. The minimum Gasteiger partial charge on any atom is -0.477 e. The highest BCUT2D eigenvalue weighted by Crippen LogP contribution is 2.36. The van der Waals surface area contributed by atoms with E-state index in [9.17, 15) is 55.6 Å². The van der Waals surface area contributed by atoms with E-state index >= 15 is 0 Å². The second-order valence-electron chi connectivity index (χ2n) is 7.40. The van der Waals surface area contributed by atoms with Crippen molar-refractivity contribution in [1.29, 1.82) is 5.26 Å². The summed E-state index contributed by atoms with van der Waals surface area (Å²) in [7, 11) is 3.55. The Morgan fingerprint density at radius 3 is 1.76 bits per heavy atom. The summed E-state index contributed by atoms with van der Waals surface area (Å²) >= 11 is 0.463. The van der Waals surface area contributed by atoms with Gasteiger partial charge < -0.3 is 10.0 Å². The van der Waals surface area contributed by atoms with Crippen LogP contribution in [0.3, 0.4) is 0 Å². The Labute approximate surface area is 217 Å². The van der Waals surface area contributed by atoms with Gasteiger partial charge in [0.05, 0.1) is 19.7 Å². The van der Waals surface area contributed by atoms with Crippen molar-refractivity contribution in [2.24, 2.45) is 0 Å². The van der Waals surface area contributed by atoms with Crippen LogP contribution in [-0.2, 0) is 4.79 Å². The zero-order valence-electron chi connectivity index (χ0n) is 19.0. The van der Waals surface area contributed by atoms with Crippen molar-refractivity contribution in [3.63, 3.8) is 0 Å². The van der Waals surface area contributed by atoms with Gasteiger partial charge in [0.1, 0.15) is 24.2 Å². The average Bonchev–Trinajstić information content (AvgIpc) is 3.39. The number of nitro groups is 4. The summed E-state index contributed by atoms with van der Waals surface area (Å²) in [6.07, 6.45) is 1.23. The molecular weight excluding hydrogens is 548 g/mol. The number of rotatable bonds is 7. The van der Waals surface area contributed by atoms with Gasteiger partial charge in [-0.3, -0.25) is 40.5 Å². The minimum absolute atomic E-state index is 0.0739. The SMILES string of the molecule is CN(C)c1ccc(/C=c2\s/c(=c3/s/c(=C(/C#N)C(=O)O)c([N+](=O)[O-])c3[N+](=O)[O-])c([N+](=O)[O-])c2[N+](=O)[O-])cc1. The molecule has 0 saturated carbocycles. The first-order valence-electron chi connectivity index (χ1n) is 9.84. The molecular formula is C20H12N6O10S2. The molecule has 1 aromatic carbocycles. The first-order chi connectivity index (χ1) is 17.8. The molecule has 0 radical (unpaired) electrons. The normalized spacial score (nSPS) is 12.9. The van der Waals surface area contributed by atoms with Crippen molar-refractivity contribution in [2.75, 3.05) is 19.0 Å². The molecule has 1 N–H and O–H groups in total. The number of nitrogens with zero attached hydrogens (tertiary/aromatic N) is 6. The molecule has 0 fully saturated rings. The molecule has 3 aromatic rings. The van der Waals surface area contributed by atoms with Gasteiger partial charge in [0.2, 0.25) is 0 Å². The van der Waals surface area contributed by atoms with Gasteiger partial charge in [0, 0.05) is 19.8 Å². The van der Waals surface area contributed by atoms with Crippen LogP contribution in [0.2, 0.25) is 0 Å². The number of anilines is 1. The van der Waals surface area contributed by atoms with E-state index in [1.54, 1.807) is 43.3 Å². The van der Waals surface area contributed by atoms with Gasteiger partial charge in [-0.2, -0.15) is 5.26 Å². The Morgan fingerprint density at radius 1 is 0.868 bits per heavy atom. The van der Waals surface area contributed by atoms with Gasteiger partial charge in [-0.1, -0.05) is 12.1 Å². The van der Waals surface area contributed by atoms with Crippen molar-refractivity contribution < 1.29 is 29.6 Å². The van der Waals surface area contributed by atoms with Gasteiger partial charge in [-0.15, -0.1) is 22.7 Å². The summed E-state index contributed by atoms with van der Waals surface area (Å²) in [5, 5.41) is 65.9. The maximum atomic E-state index is 11.9. The molecule has 0 saturated heterocycles. The maximum Gasteiger partial charge on any atom is 0.366 e. The lowest BCUT2D eigenvalue weighted by molar-refractivity contribution is -0.424. The van der Waals surface area contributed by atoms with Gasteiger partial charge in [-0.25, -0.2) is 4.79 Å². The molecule has 18 heteroatoms. The van der Waals surface area contributed by atoms with E-state index in [2.05, 4.69) is 0 Å². The Balaban J connectivity index is 2.69. The molecule has 0 aliphatic carbocycles. The number of thiophene rings is 2. The summed E-state index contributed by atoms with van der Waals surface area (Å²) in [5.74, 6) is -1.93.